The summed E-state index contributed by atoms with van der Waals surface area (Å²) in [6.07, 6.45) is 4.21. The summed E-state index contributed by atoms with van der Waals surface area (Å²) in [6, 6.07) is 10.1. The molecule has 0 atom stereocenters. The minimum Gasteiger partial charge on any atom is -0.456 e. The minimum atomic E-state index is -0.392. The Morgan fingerprint density at radius 3 is 2.73 bits per heavy atom. The van der Waals surface area contributed by atoms with Gasteiger partial charge in [-0.25, -0.2) is 9.78 Å². The first-order valence-electron chi connectivity index (χ1n) is 7.12. The van der Waals surface area contributed by atoms with Gasteiger partial charge in [-0.15, -0.1) is 6.58 Å². The van der Waals surface area contributed by atoms with Crippen molar-refractivity contribution in [1.29, 1.82) is 0 Å². The van der Waals surface area contributed by atoms with Gasteiger partial charge in [-0.1, -0.05) is 43.0 Å². The van der Waals surface area contributed by atoms with Gasteiger partial charge in [0, 0.05) is 18.5 Å². The van der Waals surface area contributed by atoms with Gasteiger partial charge in [0.15, 0.2) is 0 Å². The number of allylic oxidation sites excluding steroid dienone is 1. The van der Waals surface area contributed by atoms with Crippen molar-refractivity contribution in [2.45, 2.75) is 26.5 Å². The van der Waals surface area contributed by atoms with Crippen LogP contribution in [0.15, 0.2) is 61.5 Å². The molecular weight excluding hydrogens is 276 g/mol. The van der Waals surface area contributed by atoms with Crippen LogP contribution in [0.1, 0.15) is 23.9 Å². The molecule has 0 saturated heterocycles. The third-order valence-electron chi connectivity index (χ3n) is 3.25. The van der Waals surface area contributed by atoms with Crippen molar-refractivity contribution in [3.05, 3.63) is 78.4 Å². The van der Waals surface area contributed by atoms with Crippen LogP contribution in [0.3, 0.4) is 0 Å². The lowest BCUT2D eigenvalue weighted by Gasteiger charge is -2.11. The number of aromatic nitrogens is 2. The zero-order valence-corrected chi connectivity index (χ0v) is 12.8. The summed E-state index contributed by atoms with van der Waals surface area (Å²) in [7, 11) is 0. The van der Waals surface area contributed by atoms with Gasteiger partial charge in [-0.2, -0.15) is 0 Å². The molecule has 0 bridgehead atoms. The Morgan fingerprint density at radius 2 is 2.09 bits per heavy atom. The molecule has 4 heteroatoms. The van der Waals surface area contributed by atoms with Gasteiger partial charge >= 0.3 is 5.97 Å². The number of carbonyl (C=O) groups excluding carboxylic acids is 1. The average molecular weight is 296 g/mol. The molecular formula is C18H20N2O2. The minimum absolute atomic E-state index is 0.182. The molecule has 0 radical (unpaired) electrons. The number of hydrogen-bond donors (Lipinski definition) is 0. The Morgan fingerprint density at radius 1 is 1.36 bits per heavy atom. The summed E-state index contributed by atoms with van der Waals surface area (Å²) in [5.41, 5.74) is 3.32. The third-order valence-corrected chi connectivity index (χ3v) is 3.25. The van der Waals surface area contributed by atoms with E-state index in [1.807, 2.05) is 22.8 Å². The second-order valence-electron chi connectivity index (χ2n) is 5.10. The van der Waals surface area contributed by atoms with E-state index < -0.39 is 5.97 Å². The van der Waals surface area contributed by atoms with Crippen molar-refractivity contribution >= 4 is 5.97 Å². The van der Waals surface area contributed by atoms with Crippen LogP contribution in [0, 0.1) is 0 Å². The predicted molar refractivity (Wildman–Crippen MR) is 86.3 cm³/mol. The van der Waals surface area contributed by atoms with Gasteiger partial charge in [0.05, 0.1) is 17.7 Å². The van der Waals surface area contributed by atoms with E-state index in [0.29, 0.717) is 18.5 Å². The van der Waals surface area contributed by atoms with Crippen LogP contribution < -0.4 is 0 Å². The molecule has 0 aliphatic carbocycles. The predicted octanol–water partition coefficient (Wildman–Crippen LogP) is 3.28. The molecule has 1 aromatic heterocycles. The van der Waals surface area contributed by atoms with Crippen LogP contribution in [0.2, 0.25) is 0 Å². The van der Waals surface area contributed by atoms with Gasteiger partial charge in [0.25, 0.3) is 0 Å². The fourth-order valence-electron chi connectivity index (χ4n) is 2.10. The van der Waals surface area contributed by atoms with E-state index in [1.54, 1.807) is 19.3 Å². The molecule has 0 aliphatic heterocycles. The third kappa shape index (κ3) is 3.95. The molecule has 2 aromatic rings. The largest absolute Gasteiger partial charge is 0.456 e. The second-order valence-corrected chi connectivity index (χ2v) is 5.10. The molecule has 0 N–H and O–H groups in total. The van der Waals surface area contributed by atoms with E-state index in [-0.39, 0.29) is 6.61 Å². The summed E-state index contributed by atoms with van der Waals surface area (Å²) in [4.78, 5) is 16.0. The number of imidazole rings is 1. The standard InChI is InChI=1S/C18H20N2O2/c1-4-8-16-17(12-22-18(21)14(2)3)20(13-19-16)11-15-9-6-5-7-10-15/h4-7,9-10,13H,1-2,8,11-12H2,3H3. The van der Waals surface area contributed by atoms with Crippen LogP contribution in [0.5, 0.6) is 0 Å². The second kappa shape index (κ2) is 7.41. The number of carbonyl (C=O) groups is 1. The van der Waals surface area contributed by atoms with Gasteiger partial charge in [-0.3, -0.25) is 0 Å². The lowest BCUT2D eigenvalue weighted by atomic mass is 10.2. The highest BCUT2D eigenvalue weighted by Gasteiger charge is 2.13. The number of hydrogen-bond acceptors (Lipinski definition) is 3. The smallest absolute Gasteiger partial charge is 0.333 e. The topological polar surface area (TPSA) is 44.1 Å². The molecule has 0 fully saturated rings. The zero-order valence-electron chi connectivity index (χ0n) is 12.8. The van der Waals surface area contributed by atoms with Gasteiger partial charge in [0.1, 0.15) is 6.61 Å². The number of ether oxygens (including phenoxy) is 1. The molecule has 114 valence electrons. The molecule has 22 heavy (non-hydrogen) atoms. The van der Waals surface area contributed by atoms with Crippen molar-refractivity contribution in [2.75, 3.05) is 0 Å². The molecule has 2 rings (SSSR count). The van der Waals surface area contributed by atoms with Crippen molar-refractivity contribution in [3.8, 4) is 0 Å². The van der Waals surface area contributed by atoms with Crippen molar-refractivity contribution < 1.29 is 9.53 Å². The SMILES string of the molecule is C=CCc1ncn(Cc2ccccc2)c1COC(=O)C(=C)C. The Balaban J connectivity index is 2.20. The highest BCUT2D eigenvalue weighted by atomic mass is 16.5. The first-order valence-corrected chi connectivity index (χ1v) is 7.12. The van der Waals surface area contributed by atoms with E-state index >= 15 is 0 Å². The van der Waals surface area contributed by atoms with E-state index in [0.717, 1.165) is 17.0 Å². The molecule has 0 aliphatic rings. The Kier molecular flexibility index (Phi) is 5.31. The Labute approximate surface area is 130 Å². The molecule has 0 unspecified atom stereocenters. The molecule has 1 aromatic carbocycles. The molecule has 4 nitrogen and oxygen atoms in total. The van der Waals surface area contributed by atoms with Crippen LogP contribution in [-0.2, 0) is 29.1 Å². The summed E-state index contributed by atoms with van der Waals surface area (Å²) in [5.74, 6) is -0.392. The quantitative estimate of drug-likeness (QED) is 0.447. The molecule has 0 spiro atoms. The molecule has 0 saturated carbocycles. The first kappa shape index (κ1) is 15.8. The van der Waals surface area contributed by atoms with Crippen LogP contribution >= 0.6 is 0 Å². The maximum Gasteiger partial charge on any atom is 0.333 e. The number of rotatable bonds is 7. The Hall–Kier alpha value is -2.62. The first-order chi connectivity index (χ1) is 10.6. The van der Waals surface area contributed by atoms with Crippen LogP contribution in [0.4, 0.5) is 0 Å². The molecule has 0 amide bonds. The number of nitrogens with zero attached hydrogens (tertiary/aromatic N) is 2. The van der Waals surface area contributed by atoms with E-state index in [1.165, 1.54) is 0 Å². The summed E-state index contributed by atoms with van der Waals surface area (Å²) in [5, 5.41) is 0. The van der Waals surface area contributed by atoms with Crippen molar-refractivity contribution in [1.82, 2.24) is 9.55 Å². The fraction of sp³-hybridized carbons (Fsp3) is 0.222. The molecule has 1 heterocycles. The maximum absolute atomic E-state index is 11.6. The van der Waals surface area contributed by atoms with Crippen LogP contribution in [0.25, 0.3) is 0 Å². The van der Waals surface area contributed by atoms with Gasteiger partial charge < -0.3 is 9.30 Å². The van der Waals surface area contributed by atoms with E-state index in [4.69, 9.17) is 4.74 Å². The summed E-state index contributed by atoms with van der Waals surface area (Å²) in [6.45, 7) is 9.83. The van der Waals surface area contributed by atoms with Gasteiger partial charge in [0.2, 0.25) is 0 Å². The lowest BCUT2D eigenvalue weighted by molar-refractivity contribution is -0.140. The summed E-state index contributed by atoms with van der Waals surface area (Å²) < 4.78 is 7.28. The van der Waals surface area contributed by atoms with E-state index in [9.17, 15) is 4.79 Å². The normalized spacial score (nSPS) is 10.2. The maximum atomic E-state index is 11.6. The van der Waals surface area contributed by atoms with E-state index in [2.05, 4.69) is 30.3 Å². The summed E-state index contributed by atoms with van der Waals surface area (Å²) >= 11 is 0. The monoisotopic (exact) mass is 296 g/mol. The zero-order chi connectivity index (χ0) is 15.9. The van der Waals surface area contributed by atoms with Crippen molar-refractivity contribution in [2.24, 2.45) is 0 Å². The fourth-order valence-corrected chi connectivity index (χ4v) is 2.10. The highest BCUT2D eigenvalue weighted by molar-refractivity contribution is 5.86. The average Bonchev–Trinajstić information content (AvgIpc) is 2.88. The number of esters is 1. The lowest BCUT2D eigenvalue weighted by Crippen LogP contribution is -2.11. The van der Waals surface area contributed by atoms with Gasteiger partial charge in [-0.05, 0) is 12.5 Å². The number of benzene rings is 1. The van der Waals surface area contributed by atoms with Crippen LogP contribution in [-0.4, -0.2) is 15.5 Å². The van der Waals surface area contributed by atoms with Crippen molar-refractivity contribution in [3.63, 3.8) is 0 Å². The Bertz CT molecular complexity index is 672. The highest BCUT2D eigenvalue weighted by Crippen LogP contribution is 2.14.